The fourth-order valence-corrected chi connectivity index (χ4v) is 2.83. The maximum Gasteiger partial charge on any atom is 0.0561 e. The summed E-state index contributed by atoms with van der Waals surface area (Å²) >= 11 is 5.98. The fraction of sp³-hybridized carbons (Fsp3) is 0.385. The van der Waals surface area contributed by atoms with Crippen LogP contribution in [-0.4, -0.2) is 4.98 Å². The van der Waals surface area contributed by atoms with Crippen molar-refractivity contribution in [2.24, 2.45) is 5.73 Å². The molecule has 2 aromatic rings. The highest BCUT2D eigenvalue weighted by Gasteiger charge is 2.32. The van der Waals surface area contributed by atoms with Gasteiger partial charge in [0.2, 0.25) is 0 Å². The van der Waals surface area contributed by atoms with Gasteiger partial charge in [-0.2, -0.15) is 0 Å². The Kier molecular flexibility index (Phi) is 2.23. The number of H-pyrrole nitrogens is 1. The van der Waals surface area contributed by atoms with E-state index in [1.807, 2.05) is 18.2 Å². The van der Waals surface area contributed by atoms with Gasteiger partial charge in [0.25, 0.3) is 0 Å². The minimum absolute atomic E-state index is 0.147. The second-order valence-corrected chi connectivity index (χ2v) is 5.21. The molecule has 3 heteroatoms. The Bertz CT molecular complexity index is 524. The molecule has 84 valence electrons. The molecule has 16 heavy (non-hydrogen) atoms. The predicted molar refractivity (Wildman–Crippen MR) is 67.6 cm³/mol. The summed E-state index contributed by atoms with van der Waals surface area (Å²) in [5.41, 5.74) is 8.55. The van der Waals surface area contributed by atoms with Crippen molar-refractivity contribution in [3.8, 4) is 0 Å². The van der Waals surface area contributed by atoms with Crippen LogP contribution in [0.2, 0.25) is 5.02 Å². The van der Waals surface area contributed by atoms with E-state index < -0.39 is 0 Å². The average Bonchev–Trinajstić information content (AvgIpc) is 2.84. The van der Waals surface area contributed by atoms with Crippen LogP contribution >= 0.6 is 11.6 Å². The van der Waals surface area contributed by atoms with Gasteiger partial charge in [-0.25, -0.2) is 0 Å². The largest absolute Gasteiger partial charge is 0.357 e. The van der Waals surface area contributed by atoms with Gasteiger partial charge in [0.15, 0.2) is 0 Å². The van der Waals surface area contributed by atoms with E-state index in [0.717, 1.165) is 34.5 Å². The molecular formula is C13H15ClN2. The first-order chi connectivity index (χ1) is 7.67. The zero-order valence-corrected chi connectivity index (χ0v) is 9.85. The normalized spacial score (nSPS) is 19.4. The number of halogens is 1. The SMILES string of the molecule is NC1(c2cc3cc(Cl)ccc3[nH]2)CCCC1. The fourth-order valence-electron chi connectivity index (χ4n) is 2.65. The van der Waals surface area contributed by atoms with E-state index >= 15 is 0 Å². The number of nitrogens with two attached hydrogens (primary N) is 1. The second kappa shape index (κ2) is 3.51. The number of rotatable bonds is 1. The molecule has 0 bridgehead atoms. The number of fused-ring (bicyclic) bond motifs is 1. The monoisotopic (exact) mass is 234 g/mol. The van der Waals surface area contributed by atoms with E-state index in [1.165, 1.54) is 12.8 Å². The number of hydrogen-bond donors (Lipinski definition) is 2. The number of aromatic nitrogens is 1. The molecule has 1 aromatic heterocycles. The molecule has 0 spiro atoms. The van der Waals surface area contributed by atoms with Crippen LogP contribution in [-0.2, 0) is 5.54 Å². The highest BCUT2D eigenvalue weighted by atomic mass is 35.5. The van der Waals surface area contributed by atoms with Gasteiger partial charge >= 0.3 is 0 Å². The highest BCUT2D eigenvalue weighted by molar-refractivity contribution is 6.31. The van der Waals surface area contributed by atoms with Crippen molar-refractivity contribution in [2.45, 2.75) is 31.2 Å². The van der Waals surface area contributed by atoms with Gasteiger partial charge in [0.05, 0.1) is 5.54 Å². The van der Waals surface area contributed by atoms with Gasteiger partial charge in [0, 0.05) is 21.6 Å². The van der Waals surface area contributed by atoms with E-state index in [0.29, 0.717) is 0 Å². The van der Waals surface area contributed by atoms with Crippen LogP contribution in [0.1, 0.15) is 31.4 Å². The molecule has 1 aliphatic rings. The third-order valence-corrected chi connectivity index (χ3v) is 3.85. The molecular weight excluding hydrogens is 220 g/mol. The molecule has 3 rings (SSSR count). The lowest BCUT2D eigenvalue weighted by Gasteiger charge is -2.21. The number of hydrogen-bond acceptors (Lipinski definition) is 1. The molecule has 1 aliphatic carbocycles. The summed E-state index contributed by atoms with van der Waals surface area (Å²) in [7, 11) is 0. The summed E-state index contributed by atoms with van der Waals surface area (Å²) in [5, 5.41) is 1.93. The maximum atomic E-state index is 6.42. The van der Waals surface area contributed by atoms with Crippen LogP contribution in [0.5, 0.6) is 0 Å². The summed E-state index contributed by atoms with van der Waals surface area (Å²) in [6.07, 6.45) is 4.61. The Morgan fingerprint density at radius 1 is 1.19 bits per heavy atom. The summed E-state index contributed by atoms with van der Waals surface area (Å²) in [6.45, 7) is 0. The lowest BCUT2D eigenvalue weighted by Crippen LogP contribution is -2.33. The minimum Gasteiger partial charge on any atom is -0.357 e. The van der Waals surface area contributed by atoms with E-state index in [4.69, 9.17) is 17.3 Å². The smallest absolute Gasteiger partial charge is 0.0561 e. The molecule has 0 atom stereocenters. The molecule has 1 saturated carbocycles. The van der Waals surface area contributed by atoms with Crippen molar-refractivity contribution in [1.29, 1.82) is 0 Å². The molecule has 0 saturated heterocycles. The third-order valence-electron chi connectivity index (χ3n) is 3.61. The Morgan fingerprint density at radius 2 is 1.94 bits per heavy atom. The maximum absolute atomic E-state index is 6.42. The molecule has 2 nitrogen and oxygen atoms in total. The number of benzene rings is 1. The lowest BCUT2D eigenvalue weighted by atomic mass is 9.95. The minimum atomic E-state index is -0.147. The van der Waals surface area contributed by atoms with Crippen LogP contribution < -0.4 is 5.73 Å². The second-order valence-electron chi connectivity index (χ2n) is 4.78. The van der Waals surface area contributed by atoms with Crippen LogP contribution in [0, 0.1) is 0 Å². The average molecular weight is 235 g/mol. The zero-order chi connectivity index (χ0) is 11.2. The molecule has 0 radical (unpaired) electrons. The molecule has 0 unspecified atom stereocenters. The zero-order valence-electron chi connectivity index (χ0n) is 9.09. The molecule has 0 aliphatic heterocycles. The van der Waals surface area contributed by atoms with Crippen LogP contribution in [0.15, 0.2) is 24.3 Å². The summed E-state index contributed by atoms with van der Waals surface area (Å²) in [4.78, 5) is 3.42. The van der Waals surface area contributed by atoms with Crippen LogP contribution in [0.4, 0.5) is 0 Å². The molecule has 0 amide bonds. The standard InChI is InChI=1S/C13H15ClN2/c14-10-3-4-11-9(7-10)8-12(16-11)13(15)5-1-2-6-13/h3-4,7-8,16H,1-2,5-6,15H2. The van der Waals surface area contributed by atoms with Gasteiger partial charge in [-0.15, -0.1) is 0 Å². The Labute approximate surface area is 99.8 Å². The first-order valence-corrected chi connectivity index (χ1v) is 6.13. The van der Waals surface area contributed by atoms with Gasteiger partial charge in [-0.1, -0.05) is 24.4 Å². The van der Waals surface area contributed by atoms with Crippen molar-refractivity contribution in [1.82, 2.24) is 4.98 Å². The summed E-state index contributed by atoms with van der Waals surface area (Å²) < 4.78 is 0. The van der Waals surface area contributed by atoms with E-state index in [9.17, 15) is 0 Å². The molecule has 1 fully saturated rings. The van der Waals surface area contributed by atoms with Gasteiger partial charge in [0.1, 0.15) is 0 Å². The van der Waals surface area contributed by atoms with Gasteiger partial charge in [-0.05, 0) is 37.1 Å². The lowest BCUT2D eigenvalue weighted by molar-refractivity contribution is 0.450. The molecule has 1 aromatic carbocycles. The van der Waals surface area contributed by atoms with Crippen molar-refractivity contribution in [3.63, 3.8) is 0 Å². The Balaban J connectivity index is 2.11. The number of aromatic amines is 1. The summed E-state index contributed by atoms with van der Waals surface area (Å²) in [5.74, 6) is 0. The van der Waals surface area contributed by atoms with Crippen molar-refractivity contribution >= 4 is 22.5 Å². The topological polar surface area (TPSA) is 41.8 Å². The first-order valence-electron chi connectivity index (χ1n) is 5.75. The molecule has 3 N–H and O–H groups in total. The van der Waals surface area contributed by atoms with Crippen molar-refractivity contribution < 1.29 is 0 Å². The number of nitrogens with one attached hydrogen (secondary N) is 1. The highest BCUT2D eigenvalue weighted by Crippen LogP contribution is 2.37. The molecule has 1 heterocycles. The first kappa shape index (κ1) is 10.2. The Morgan fingerprint density at radius 3 is 2.69 bits per heavy atom. The van der Waals surface area contributed by atoms with E-state index in [1.54, 1.807) is 0 Å². The van der Waals surface area contributed by atoms with Gasteiger partial charge in [-0.3, -0.25) is 0 Å². The van der Waals surface area contributed by atoms with E-state index in [2.05, 4.69) is 11.1 Å². The summed E-state index contributed by atoms with van der Waals surface area (Å²) in [6, 6.07) is 8.04. The predicted octanol–water partition coefficient (Wildman–Crippen LogP) is 3.55. The van der Waals surface area contributed by atoms with Crippen molar-refractivity contribution in [3.05, 3.63) is 35.0 Å². The van der Waals surface area contributed by atoms with Crippen LogP contribution in [0.3, 0.4) is 0 Å². The van der Waals surface area contributed by atoms with E-state index in [-0.39, 0.29) is 5.54 Å². The van der Waals surface area contributed by atoms with Crippen molar-refractivity contribution in [2.75, 3.05) is 0 Å². The Hall–Kier alpha value is -0.990. The van der Waals surface area contributed by atoms with Crippen LogP contribution in [0.25, 0.3) is 10.9 Å². The van der Waals surface area contributed by atoms with Gasteiger partial charge < -0.3 is 10.7 Å². The third kappa shape index (κ3) is 1.53. The quantitative estimate of drug-likeness (QED) is 0.779.